The van der Waals surface area contributed by atoms with Gasteiger partial charge in [-0.3, -0.25) is 4.79 Å². The highest BCUT2D eigenvalue weighted by atomic mass is 35.5. The van der Waals surface area contributed by atoms with Gasteiger partial charge in [0.15, 0.2) is 10.7 Å². The molecule has 3 fully saturated rings. The highest BCUT2D eigenvalue weighted by molar-refractivity contribution is 6.43. The van der Waals surface area contributed by atoms with E-state index in [1.54, 1.807) is 0 Å². The van der Waals surface area contributed by atoms with Crippen molar-refractivity contribution in [3.8, 4) is 0 Å². The van der Waals surface area contributed by atoms with E-state index in [-0.39, 0.29) is 23.5 Å². The predicted octanol–water partition coefficient (Wildman–Crippen LogP) is 1.80. The molecule has 0 aliphatic heterocycles. The summed E-state index contributed by atoms with van der Waals surface area (Å²) >= 11 is 13.3. The smallest absolute Gasteiger partial charge is 0.215 e. The molecule has 3 rings (SSSR count). The minimum atomic E-state index is -1.17. The first-order valence-electron chi connectivity index (χ1n) is 5.44. The van der Waals surface area contributed by atoms with E-state index in [0.29, 0.717) is 0 Å². The number of methoxy groups -OCH3 is 2. The number of fused-ring (bicyclic) bond motifs is 5. The lowest BCUT2D eigenvalue weighted by molar-refractivity contribution is -0.229. The summed E-state index contributed by atoms with van der Waals surface area (Å²) in [6.07, 6.45) is 0.900. The molecule has 5 heteroatoms. The summed E-state index contributed by atoms with van der Waals surface area (Å²) < 4.78 is 11.0. The lowest BCUT2D eigenvalue weighted by Crippen LogP contribution is -2.58. The third-order valence-corrected chi connectivity index (χ3v) is 6.35. The SMILES string of the molecule is COC1(OC)[C@]2(Cl)[C@H](C)C(=O)[C@@]1(Cl)[C@H]1C[C@H]12. The van der Waals surface area contributed by atoms with Gasteiger partial charge in [0.2, 0.25) is 5.79 Å². The standard InChI is InChI=1S/C11H14Cl2O3/c1-5-8(14)10(13)7-4-6(7)9(5,12)11(10,15-2)16-3/h5-7H,4H2,1-3H3/t5-,6-,7+,9+,10+/m1/s1. The van der Waals surface area contributed by atoms with Crippen molar-refractivity contribution in [1.29, 1.82) is 0 Å². The van der Waals surface area contributed by atoms with E-state index in [1.807, 2.05) is 6.92 Å². The van der Waals surface area contributed by atoms with Crippen LogP contribution in [0.4, 0.5) is 0 Å². The van der Waals surface area contributed by atoms with Crippen LogP contribution in [0.15, 0.2) is 0 Å². The Balaban J connectivity index is 2.25. The van der Waals surface area contributed by atoms with Gasteiger partial charge in [0.05, 0.1) is 0 Å². The summed E-state index contributed by atoms with van der Waals surface area (Å²) in [5.41, 5.74) is 0. The van der Waals surface area contributed by atoms with Crippen LogP contribution in [0.2, 0.25) is 0 Å². The molecule has 0 aromatic heterocycles. The van der Waals surface area contributed by atoms with Crippen LogP contribution in [0.1, 0.15) is 13.3 Å². The monoisotopic (exact) mass is 264 g/mol. The first-order chi connectivity index (χ1) is 7.41. The largest absolute Gasteiger partial charge is 0.350 e. The predicted molar refractivity (Wildman–Crippen MR) is 59.7 cm³/mol. The number of halogens is 2. The first-order valence-corrected chi connectivity index (χ1v) is 6.19. The van der Waals surface area contributed by atoms with Crippen LogP contribution in [0, 0.1) is 17.8 Å². The van der Waals surface area contributed by atoms with E-state index >= 15 is 0 Å². The van der Waals surface area contributed by atoms with Crippen LogP contribution >= 0.6 is 23.2 Å². The fraction of sp³-hybridized carbons (Fsp3) is 0.909. The molecular weight excluding hydrogens is 251 g/mol. The summed E-state index contributed by atoms with van der Waals surface area (Å²) in [7, 11) is 3.02. The molecule has 0 heterocycles. The Kier molecular flexibility index (Phi) is 1.95. The van der Waals surface area contributed by atoms with Crippen LogP contribution in [0.3, 0.4) is 0 Å². The molecule has 0 unspecified atom stereocenters. The Morgan fingerprint density at radius 2 is 1.81 bits per heavy atom. The number of rotatable bonds is 2. The molecule has 3 saturated carbocycles. The van der Waals surface area contributed by atoms with Crippen LogP contribution in [-0.4, -0.2) is 35.5 Å². The van der Waals surface area contributed by atoms with Crippen molar-refractivity contribution in [3.63, 3.8) is 0 Å². The van der Waals surface area contributed by atoms with Gasteiger partial charge in [0, 0.05) is 20.1 Å². The Hall–Kier alpha value is 0.170. The summed E-state index contributed by atoms with van der Waals surface area (Å²) in [5.74, 6) is -1.19. The number of ether oxygens (including phenoxy) is 2. The summed E-state index contributed by atoms with van der Waals surface area (Å²) in [6, 6.07) is 0. The van der Waals surface area contributed by atoms with E-state index in [4.69, 9.17) is 32.7 Å². The zero-order valence-corrected chi connectivity index (χ0v) is 10.9. The molecule has 3 aliphatic carbocycles. The summed E-state index contributed by atoms with van der Waals surface area (Å²) in [4.78, 5) is 10.4. The van der Waals surface area contributed by atoms with Gasteiger partial charge in [0.25, 0.3) is 0 Å². The van der Waals surface area contributed by atoms with Gasteiger partial charge in [-0.15, -0.1) is 23.2 Å². The number of Topliss-reactive ketones (excluding diaryl/α,β-unsaturated/α-hetero) is 1. The number of alkyl halides is 2. The summed E-state index contributed by atoms with van der Waals surface area (Å²) in [5, 5.41) is 0. The normalized spacial score (nSPS) is 56.6. The average Bonchev–Trinajstić information content (AvgIpc) is 3.03. The van der Waals surface area contributed by atoms with Crippen molar-refractivity contribution < 1.29 is 14.3 Å². The van der Waals surface area contributed by atoms with Gasteiger partial charge in [0.1, 0.15) is 4.87 Å². The van der Waals surface area contributed by atoms with Crippen molar-refractivity contribution in [3.05, 3.63) is 0 Å². The lowest BCUT2D eigenvalue weighted by Gasteiger charge is -2.41. The van der Waals surface area contributed by atoms with Gasteiger partial charge in [-0.2, -0.15) is 0 Å². The molecule has 2 bridgehead atoms. The van der Waals surface area contributed by atoms with Crippen LogP contribution in [-0.2, 0) is 14.3 Å². The molecule has 90 valence electrons. The second-order valence-electron chi connectivity index (χ2n) is 5.04. The molecule has 0 amide bonds. The molecule has 0 saturated heterocycles. The molecular formula is C11H14Cl2O3. The Morgan fingerprint density at radius 3 is 2.19 bits per heavy atom. The van der Waals surface area contributed by atoms with E-state index in [2.05, 4.69) is 0 Å². The molecule has 3 nitrogen and oxygen atoms in total. The fourth-order valence-corrected chi connectivity index (χ4v) is 5.42. The number of ketones is 1. The third kappa shape index (κ3) is 0.726. The van der Waals surface area contributed by atoms with Crippen LogP contribution < -0.4 is 0 Å². The average molecular weight is 265 g/mol. The molecule has 3 aliphatic rings. The van der Waals surface area contributed by atoms with Gasteiger partial charge >= 0.3 is 0 Å². The van der Waals surface area contributed by atoms with Crippen molar-refractivity contribution in [1.82, 2.24) is 0 Å². The Bertz CT molecular complexity index is 381. The molecule has 16 heavy (non-hydrogen) atoms. The second-order valence-corrected chi connectivity index (χ2v) is 6.26. The van der Waals surface area contributed by atoms with Gasteiger partial charge in [-0.25, -0.2) is 0 Å². The van der Waals surface area contributed by atoms with Crippen LogP contribution in [0.25, 0.3) is 0 Å². The van der Waals surface area contributed by atoms with E-state index in [1.165, 1.54) is 14.2 Å². The van der Waals surface area contributed by atoms with Gasteiger partial charge in [-0.1, -0.05) is 6.92 Å². The maximum atomic E-state index is 12.3. The van der Waals surface area contributed by atoms with Crippen molar-refractivity contribution in [2.45, 2.75) is 28.9 Å². The molecule has 0 spiro atoms. The lowest BCUT2D eigenvalue weighted by atomic mass is 9.88. The second kappa shape index (κ2) is 2.77. The molecule has 5 atom stereocenters. The zero-order chi connectivity index (χ0) is 11.9. The van der Waals surface area contributed by atoms with E-state index in [9.17, 15) is 4.79 Å². The van der Waals surface area contributed by atoms with E-state index < -0.39 is 15.5 Å². The molecule has 0 radical (unpaired) electrons. The maximum Gasteiger partial charge on any atom is 0.215 e. The zero-order valence-electron chi connectivity index (χ0n) is 9.42. The van der Waals surface area contributed by atoms with Crippen molar-refractivity contribution in [2.24, 2.45) is 17.8 Å². The number of carbonyl (C=O) groups is 1. The highest BCUT2D eigenvalue weighted by Crippen LogP contribution is 2.79. The van der Waals surface area contributed by atoms with Gasteiger partial charge in [-0.05, 0) is 18.3 Å². The van der Waals surface area contributed by atoms with E-state index in [0.717, 1.165) is 6.42 Å². The third-order valence-electron chi connectivity index (χ3n) is 4.78. The molecule has 0 aromatic rings. The van der Waals surface area contributed by atoms with Gasteiger partial charge < -0.3 is 9.47 Å². The Labute approximate surface area is 104 Å². The highest BCUT2D eigenvalue weighted by Gasteiger charge is 2.92. The molecule has 0 N–H and O–H groups in total. The Morgan fingerprint density at radius 1 is 1.25 bits per heavy atom. The minimum absolute atomic E-state index is 0.0355. The first kappa shape index (κ1) is 11.3. The number of carbonyl (C=O) groups excluding carboxylic acids is 1. The van der Waals surface area contributed by atoms with Crippen molar-refractivity contribution in [2.75, 3.05) is 14.2 Å². The number of hydrogen-bond donors (Lipinski definition) is 0. The topological polar surface area (TPSA) is 35.5 Å². The molecule has 0 aromatic carbocycles. The minimum Gasteiger partial charge on any atom is -0.350 e. The maximum absolute atomic E-state index is 12.3. The van der Waals surface area contributed by atoms with Crippen LogP contribution in [0.5, 0.6) is 0 Å². The number of hydrogen-bond acceptors (Lipinski definition) is 3. The summed E-state index contributed by atoms with van der Waals surface area (Å²) in [6.45, 7) is 1.82. The van der Waals surface area contributed by atoms with Crippen molar-refractivity contribution >= 4 is 29.0 Å². The quantitative estimate of drug-likeness (QED) is 0.564. The fourth-order valence-electron chi connectivity index (χ4n) is 4.02.